The maximum Gasteiger partial charge on any atom is 0.255 e. The van der Waals surface area contributed by atoms with Crippen LogP contribution in [0.15, 0.2) is 48.5 Å². The molecule has 0 radical (unpaired) electrons. The van der Waals surface area contributed by atoms with Crippen LogP contribution in [0, 0.1) is 0 Å². The molecule has 0 saturated carbocycles. The van der Waals surface area contributed by atoms with Gasteiger partial charge in [0.15, 0.2) is 0 Å². The van der Waals surface area contributed by atoms with Gasteiger partial charge in [0.05, 0.1) is 12.6 Å². The van der Waals surface area contributed by atoms with E-state index in [0.29, 0.717) is 0 Å². The molecule has 1 atom stereocenters. The summed E-state index contributed by atoms with van der Waals surface area (Å²) in [6.07, 6.45) is 2.04. The van der Waals surface area contributed by atoms with Gasteiger partial charge in [0, 0.05) is 12.1 Å². The minimum atomic E-state index is -0.278. The first kappa shape index (κ1) is 12.5. The number of amides is 1. The van der Waals surface area contributed by atoms with Crippen molar-refractivity contribution in [1.82, 2.24) is 4.90 Å². The lowest BCUT2D eigenvalue weighted by Gasteiger charge is -2.33. The van der Waals surface area contributed by atoms with Gasteiger partial charge in [-0.3, -0.25) is 4.79 Å². The van der Waals surface area contributed by atoms with Crippen molar-refractivity contribution in [3.63, 3.8) is 0 Å². The zero-order valence-electron chi connectivity index (χ0n) is 12.0. The van der Waals surface area contributed by atoms with Gasteiger partial charge in [0.25, 0.3) is 5.91 Å². The number of fused-ring (bicyclic) bond motifs is 3. The van der Waals surface area contributed by atoms with Gasteiger partial charge < -0.3 is 9.64 Å². The topological polar surface area (TPSA) is 29.5 Å². The van der Waals surface area contributed by atoms with Crippen molar-refractivity contribution in [2.75, 3.05) is 13.7 Å². The third-order valence-corrected chi connectivity index (χ3v) is 4.78. The van der Waals surface area contributed by atoms with Crippen molar-refractivity contribution in [3.8, 4) is 5.75 Å². The summed E-state index contributed by atoms with van der Waals surface area (Å²) in [5.74, 6) is 0.872. The molecule has 1 unspecified atom stereocenters. The molecular weight excluding hydrogens is 262 g/mol. The van der Waals surface area contributed by atoms with Gasteiger partial charge in [-0.15, -0.1) is 0 Å². The highest BCUT2D eigenvalue weighted by atomic mass is 16.5. The Bertz CT molecular complexity index is 710. The highest BCUT2D eigenvalue weighted by molar-refractivity contribution is 6.01. The average molecular weight is 279 g/mol. The van der Waals surface area contributed by atoms with Crippen LogP contribution in [0.5, 0.6) is 5.75 Å². The van der Waals surface area contributed by atoms with Gasteiger partial charge in [-0.2, -0.15) is 0 Å². The molecule has 106 valence electrons. The molecule has 3 heteroatoms. The fourth-order valence-corrected chi connectivity index (χ4v) is 3.88. The van der Waals surface area contributed by atoms with Crippen molar-refractivity contribution < 1.29 is 9.53 Å². The molecule has 0 aliphatic carbocycles. The Hall–Kier alpha value is -2.29. The van der Waals surface area contributed by atoms with Crippen LogP contribution in [-0.4, -0.2) is 24.5 Å². The van der Waals surface area contributed by atoms with E-state index in [9.17, 15) is 4.79 Å². The molecule has 21 heavy (non-hydrogen) atoms. The second kappa shape index (κ2) is 4.35. The number of hydrogen-bond donors (Lipinski definition) is 0. The number of methoxy groups -OCH3 is 1. The zero-order chi connectivity index (χ0) is 14.4. The zero-order valence-corrected chi connectivity index (χ0v) is 12.0. The molecule has 2 heterocycles. The molecule has 4 rings (SSSR count). The first-order chi connectivity index (χ1) is 10.3. The third kappa shape index (κ3) is 1.52. The Morgan fingerprint density at radius 3 is 2.71 bits per heavy atom. The minimum absolute atomic E-state index is 0.130. The number of benzene rings is 2. The van der Waals surface area contributed by atoms with Crippen LogP contribution in [0.1, 0.15) is 34.3 Å². The Morgan fingerprint density at radius 2 is 1.95 bits per heavy atom. The van der Waals surface area contributed by atoms with Gasteiger partial charge >= 0.3 is 0 Å². The molecule has 0 N–H and O–H groups in total. The van der Waals surface area contributed by atoms with E-state index in [-0.39, 0.29) is 11.4 Å². The maximum absolute atomic E-state index is 12.8. The van der Waals surface area contributed by atoms with E-state index in [2.05, 4.69) is 18.2 Å². The quantitative estimate of drug-likeness (QED) is 0.845. The summed E-state index contributed by atoms with van der Waals surface area (Å²) in [6, 6.07) is 16.3. The number of ether oxygens (including phenoxy) is 1. The number of nitrogens with zero attached hydrogens (tertiary/aromatic N) is 1. The summed E-state index contributed by atoms with van der Waals surface area (Å²) in [7, 11) is 1.63. The normalized spacial score (nSPS) is 23.1. The molecular formula is C18H17NO2. The van der Waals surface area contributed by atoms with E-state index < -0.39 is 0 Å². The molecule has 1 saturated heterocycles. The van der Waals surface area contributed by atoms with Gasteiger partial charge in [0.1, 0.15) is 5.75 Å². The van der Waals surface area contributed by atoms with E-state index in [1.807, 2.05) is 35.2 Å². The summed E-state index contributed by atoms with van der Waals surface area (Å²) in [5, 5.41) is 0. The molecule has 1 amide bonds. The van der Waals surface area contributed by atoms with Gasteiger partial charge in [-0.1, -0.05) is 36.4 Å². The lowest BCUT2D eigenvalue weighted by molar-refractivity contribution is 0.0711. The van der Waals surface area contributed by atoms with Crippen molar-refractivity contribution in [1.29, 1.82) is 0 Å². The first-order valence-electron chi connectivity index (χ1n) is 7.33. The number of carbonyl (C=O) groups excluding carboxylic acids is 1. The van der Waals surface area contributed by atoms with Crippen LogP contribution < -0.4 is 4.74 Å². The number of rotatable bonds is 2. The van der Waals surface area contributed by atoms with Crippen LogP contribution in [0.25, 0.3) is 0 Å². The fourth-order valence-electron chi connectivity index (χ4n) is 3.88. The summed E-state index contributed by atoms with van der Waals surface area (Å²) in [4.78, 5) is 14.8. The van der Waals surface area contributed by atoms with Crippen molar-refractivity contribution in [3.05, 3.63) is 65.2 Å². The van der Waals surface area contributed by atoms with Crippen LogP contribution in [0.2, 0.25) is 0 Å². The van der Waals surface area contributed by atoms with Gasteiger partial charge in [-0.05, 0) is 36.1 Å². The third-order valence-electron chi connectivity index (χ3n) is 4.78. The van der Waals surface area contributed by atoms with Gasteiger partial charge in [0.2, 0.25) is 0 Å². The van der Waals surface area contributed by atoms with E-state index in [4.69, 9.17) is 4.74 Å². The highest BCUT2D eigenvalue weighted by Gasteiger charge is 2.53. The summed E-state index contributed by atoms with van der Waals surface area (Å²) >= 11 is 0. The second-order valence-electron chi connectivity index (χ2n) is 5.70. The smallest absolute Gasteiger partial charge is 0.255 e. The lowest BCUT2D eigenvalue weighted by atomic mass is 9.81. The molecule has 2 aliphatic heterocycles. The SMILES string of the molecule is COc1ccc2c(c1)C(=O)N1CCCC21c1ccccc1. The largest absolute Gasteiger partial charge is 0.497 e. The molecule has 3 nitrogen and oxygen atoms in total. The van der Waals surface area contributed by atoms with Crippen LogP contribution >= 0.6 is 0 Å². The molecule has 2 aromatic carbocycles. The van der Waals surface area contributed by atoms with Crippen LogP contribution in [-0.2, 0) is 5.54 Å². The highest BCUT2D eigenvalue weighted by Crippen LogP contribution is 2.51. The Balaban J connectivity index is 1.97. The number of hydrogen-bond acceptors (Lipinski definition) is 2. The Morgan fingerprint density at radius 1 is 1.14 bits per heavy atom. The Kier molecular flexibility index (Phi) is 2.58. The second-order valence-corrected chi connectivity index (χ2v) is 5.70. The van der Waals surface area contributed by atoms with Crippen molar-refractivity contribution in [2.24, 2.45) is 0 Å². The molecule has 0 aromatic heterocycles. The standard InChI is InChI=1S/C18H17NO2/c1-21-14-8-9-16-15(12-14)17(20)19-11-5-10-18(16,19)13-6-3-2-4-7-13/h2-4,6-9,12H,5,10-11H2,1H3. The van der Waals surface area contributed by atoms with E-state index in [1.54, 1.807) is 7.11 Å². The first-order valence-corrected chi connectivity index (χ1v) is 7.33. The predicted molar refractivity (Wildman–Crippen MR) is 80.5 cm³/mol. The summed E-state index contributed by atoms with van der Waals surface area (Å²) in [5.41, 5.74) is 2.84. The summed E-state index contributed by atoms with van der Waals surface area (Å²) in [6.45, 7) is 0.824. The molecule has 0 bridgehead atoms. The van der Waals surface area contributed by atoms with E-state index in [1.165, 1.54) is 5.56 Å². The lowest BCUT2D eigenvalue weighted by Crippen LogP contribution is -2.39. The van der Waals surface area contributed by atoms with Crippen LogP contribution in [0.3, 0.4) is 0 Å². The number of carbonyl (C=O) groups is 1. The molecule has 2 aromatic rings. The maximum atomic E-state index is 12.8. The van der Waals surface area contributed by atoms with E-state index >= 15 is 0 Å². The molecule has 2 aliphatic rings. The van der Waals surface area contributed by atoms with E-state index in [0.717, 1.165) is 36.3 Å². The fraction of sp³-hybridized carbons (Fsp3) is 0.278. The average Bonchev–Trinajstić information content (AvgIpc) is 3.08. The Labute approximate surface area is 124 Å². The predicted octanol–water partition coefficient (Wildman–Crippen LogP) is 3.19. The van der Waals surface area contributed by atoms with Crippen molar-refractivity contribution in [2.45, 2.75) is 18.4 Å². The van der Waals surface area contributed by atoms with Crippen molar-refractivity contribution >= 4 is 5.91 Å². The van der Waals surface area contributed by atoms with Gasteiger partial charge in [-0.25, -0.2) is 0 Å². The monoisotopic (exact) mass is 279 g/mol. The molecule has 1 fully saturated rings. The molecule has 0 spiro atoms. The minimum Gasteiger partial charge on any atom is -0.497 e. The van der Waals surface area contributed by atoms with Crippen LogP contribution in [0.4, 0.5) is 0 Å². The summed E-state index contributed by atoms with van der Waals surface area (Å²) < 4.78 is 5.28.